The number of aliphatic carboxylic acids is 1. The first kappa shape index (κ1) is 15.5. The first-order chi connectivity index (χ1) is 9.97. The number of aromatic nitrogens is 2. The van der Waals surface area contributed by atoms with Crippen molar-refractivity contribution in [3.05, 3.63) is 17.0 Å². The van der Waals surface area contributed by atoms with Crippen LogP contribution >= 0.6 is 0 Å². The average Bonchev–Trinajstić information content (AvgIpc) is 2.77. The quantitative estimate of drug-likeness (QED) is 0.864. The van der Waals surface area contributed by atoms with Gasteiger partial charge in [-0.15, -0.1) is 0 Å². The normalized spacial score (nSPS) is 18.8. The third-order valence-corrected chi connectivity index (χ3v) is 4.25. The summed E-state index contributed by atoms with van der Waals surface area (Å²) in [6, 6.07) is 0. The van der Waals surface area contributed by atoms with Gasteiger partial charge in [0.05, 0.1) is 12.1 Å². The summed E-state index contributed by atoms with van der Waals surface area (Å²) in [6.45, 7) is 5.28. The zero-order valence-corrected chi connectivity index (χ0v) is 12.7. The fraction of sp³-hybridized carbons (Fsp3) is 0.667. The summed E-state index contributed by atoms with van der Waals surface area (Å²) in [6.07, 6.45) is 3.19. The van der Waals surface area contributed by atoms with Crippen LogP contribution in [0.1, 0.15) is 42.6 Å². The van der Waals surface area contributed by atoms with Crippen LogP contribution in [0.15, 0.2) is 0 Å². The molecular weight excluding hydrogens is 270 g/mol. The summed E-state index contributed by atoms with van der Waals surface area (Å²) < 4.78 is 0. The number of hydrogen-bond acceptors (Lipinski definition) is 3. The van der Waals surface area contributed by atoms with E-state index in [9.17, 15) is 9.59 Å². The summed E-state index contributed by atoms with van der Waals surface area (Å²) in [4.78, 5) is 25.0. The van der Waals surface area contributed by atoms with Crippen LogP contribution in [0.3, 0.4) is 0 Å². The third kappa shape index (κ3) is 4.06. The topological polar surface area (TPSA) is 86.3 Å². The highest BCUT2D eigenvalue weighted by Gasteiger charge is 2.25. The number of H-pyrrole nitrogens is 1. The van der Waals surface area contributed by atoms with Crippen LogP contribution < -0.4 is 0 Å². The zero-order valence-electron chi connectivity index (χ0n) is 12.7. The number of rotatable bonds is 5. The third-order valence-electron chi connectivity index (χ3n) is 4.25. The Labute approximate surface area is 124 Å². The predicted octanol–water partition coefficient (Wildman–Crippen LogP) is 1.67. The summed E-state index contributed by atoms with van der Waals surface area (Å²) >= 11 is 0. The van der Waals surface area contributed by atoms with Gasteiger partial charge in [-0.05, 0) is 39.0 Å². The molecule has 116 valence electrons. The molecule has 1 aliphatic heterocycles. The number of nitrogens with zero attached hydrogens (tertiary/aromatic N) is 2. The molecule has 1 fully saturated rings. The summed E-state index contributed by atoms with van der Waals surface area (Å²) in [5.41, 5.74) is 2.80. The monoisotopic (exact) mass is 293 g/mol. The first-order valence-electron chi connectivity index (χ1n) is 7.47. The fourth-order valence-electron chi connectivity index (χ4n) is 2.95. The second-order valence-electron chi connectivity index (χ2n) is 5.87. The lowest BCUT2D eigenvalue weighted by Gasteiger charge is -2.32. The van der Waals surface area contributed by atoms with Gasteiger partial charge in [-0.2, -0.15) is 5.10 Å². The summed E-state index contributed by atoms with van der Waals surface area (Å²) in [5, 5.41) is 15.8. The number of carbonyl (C=O) groups excluding carboxylic acids is 1. The fourth-order valence-corrected chi connectivity index (χ4v) is 2.95. The number of carboxylic acids is 1. The van der Waals surface area contributed by atoms with Gasteiger partial charge < -0.3 is 10.0 Å². The van der Waals surface area contributed by atoms with E-state index in [1.165, 1.54) is 0 Å². The Morgan fingerprint density at radius 1 is 1.43 bits per heavy atom. The molecule has 0 aromatic carbocycles. The van der Waals surface area contributed by atoms with Gasteiger partial charge in [-0.3, -0.25) is 14.7 Å². The first-order valence-corrected chi connectivity index (χ1v) is 7.47. The Kier molecular flexibility index (Phi) is 4.98. The van der Waals surface area contributed by atoms with E-state index in [4.69, 9.17) is 5.11 Å². The molecule has 0 radical (unpaired) electrons. The van der Waals surface area contributed by atoms with Gasteiger partial charge in [-0.25, -0.2) is 0 Å². The Balaban J connectivity index is 1.91. The van der Waals surface area contributed by atoms with Crippen molar-refractivity contribution >= 4 is 11.9 Å². The highest BCUT2D eigenvalue weighted by Crippen LogP contribution is 2.22. The second-order valence-corrected chi connectivity index (χ2v) is 5.87. The van der Waals surface area contributed by atoms with Crippen molar-refractivity contribution in [3.8, 4) is 0 Å². The smallest absolute Gasteiger partial charge is 0.303 e. The number of likely N-dealkylation sites (tertiary alicyclic amines) is 1. The molecule has 6 heteroatoms. The van der Waals surface area contributed by atoms with Crippen molar-refractivity contribution in [2.75, 3.05) is 13.1 Å². The Morgan fingerprint density at radius 3 is 2.81 bits per heavy atom. The highest BCUT2D eigenvalue weighted by molar-refractivity contribution is 5.79. The lowest BCUT2D eigenvalue weighted by atomic mass is 9.93. The molecule has 0 aliphatic carbocycles. The molecule has 0 bridgehead atoms. The predicted molar refractivity (Wildman–Crippen MR) is 77.9 cm³/mol. The highest BCUT2D eigenvalue weighted by atomic mass is 16.4. The second kappa shape index (κ2) is 6.74. The average molecular weight is 293 g/mol. The largest absolute Gasteiger partial charge is 0.481 e. The molecule has 2 heterocycles. The molecule has 2 N–H and O–H groups in total. The van der Waals surface area contributed by atoms with Crippen LogP contribution in [0.4, 0.5) is 0 Å². The van der Waals surface area contributed by atoms with Crippen molar-refractivity contribution < 1.29 is 14.7 Å². The number of piperidine rings is 1. The minimum Gasteiger partial charge on any atom is -0.481 e. The Hall–Kier alpha value is -1.85. The van der Waals surface area contributed by atoms with E-state index in [2.05, 4.69) is 10.2 Å². The number of nitrogens with one attached hydrogen (secondary N) is 1. The van der Waals surface area contributed by atoms with E-state index in [0.717, 1.165) is 36.3 Å². The van der Waals surface area contributed by atoms with E-state index in [1.54, 1.807) is 0 Å². The molecular formula is C15H23N3O3. The SMILES string of the molecule is Cc1n[nH]c(C)c1CC(=O)N1CCCC(CCC(=O)O)C1. The van der Waals surface area contributed by atoms with Gasteiger partial charge >= 0.3 is 5.97 Å². The maximum absolute atomic E-state index is 12.4. The van der Waals surface area contributed by atoms with Crippen molar-refractivity contribution in [1.29, 1.82) is 0 Å². The number of aryl methyl sites for hydroxylation is 2. The minimum absolute atomic E-state index is 0.114. The molecule has 1 aromatic rings. The van der Waals surface area contributed by atoms with E-state index in [0.29, 0.717) is 25.3 Å². The standard InChI is InChI=1S/C15H23N3O3/c1-10-13(11(2)17-16-10)8-14(19)18-7-3-4-12(9-18)5-6-15(20)21/h12H,3-9H2,1-2H3,(H,16,17)(H,20,21). The lowest BCUT2D eigenvalue weighted by Crippen LogP contribution is -2.41. The van der Waals surface area contributed by atoms with Crippen LogP contribution in [0, 0.1) is 19.8 Å². The molecule has 1 unspecified atom stereocenters. The zero-order chi connectivity index (χ0) is 15.4. The van der Waals surface area contributed by atoms with E-state index in [-0.39, 0.29) is 12.3 Å². The molecule has 2 rings (SSSR count). The molecule has 1 amide bonds. The van der Waals surface area contributed by atoms with Crippen molar-refractivity contribution in [2.45, 2.75) is 46.0 Å². The lowest BCUT2D eigenvalue weighted by molar-refractivity contribution is -0.137. The number of aromatic amines is 1. The van der Waals surface area contributed by atoms with E-state index >= 15 is 0 Å². The molecule has 1 aromatic heterocycles. The maximum atomic E-state index is 12.4. The van der Waals surface area contributed by atoms with Gasteiger partial charge in [0.15, 0.2) is 0 Å². The van der Waals surface area contributed by atoms with Crippen LogP contribution in [0.5, 0.6) is 0 Å². The van der Waals surface area contributed by atoms with Gasteiger partial charge in [0.2, 0.25) is 5.91 Å². The Bertz CT molecular complexity index is 505. The molecule has 21 heavy (non-hydrogen) atoms. The summed E-state index contributed by atoms with van der Waals surface area (Å²) in [5.74, 6) is -0.337. The molecule has 0 spiro atoms. The maximum Gasteiger partial charge on any atom is 0.303 e. The van der Waals surface area contributed by atoms with Crippen molar-refractivity contribution in [2.24, 2.45) is 5.92 Å². The van der Waals surface area contributed by atoms with Crippen molar-refractivity contribution in [1.82, 2.24) is 15.1 Å². The molecule has 1 saturated heterocycles. The van der Waals surface area contributed by atoms with Gasteiger partial charge in [0.1, 0.15) is 0 Å². The summed E-state index contributed by atoms with van der Waals surface area (Å²) in [7, 11) is 0. The number of amides is 1. The minimum atomic E-state index is -0.761. The van der Waals surface area contributed by atoms with Crippen LogP contribution in [0.2, 0.25) is 0 Å². The van der Waals surface area contributed by atoms with Gasteiger partial charge in [0, 0.05) is 30.8 Å². The van der Waals surface area contributed by atoms with Gasteiger partial charge in [0.25, 0.3) is 0 Å². The van der Waals surface area contributed by atoms with E-state index < -0.39 is 5.97 Å². The Morgan fingerprint density at radius 2 is 2.19 bits per heavy atom. The van der Waals surface area contributed by atoms with Gasteiger partial charge in [-0.1, -0.05) is 0 Å². The molecule has 6 nitrogen and oxygen atoms in total. The molecule has 0 saturated carbocycles. The number of carboxylic acid groups (broad SMARTS) is 1. The number of hydrogen-bond donors (Lipinski definition) is 2. The van der Waals surface area contributed by atoms with Crippen LogP contribution in [-0.2, 0) is 16.0 Å². The van der Waals surface area contributed by atoms with E-state index in [1.807, 2.05) is 18.7 Å². The molecule has 1 aliphatic rings. The molecule has 1 atom stereocenters. The van der Waals surface area contributed by atoms with Crippen LogP contribution in [-0.4, -0.2) is 45.2 Å². The number of carbonyl (C=O) groups is 2. The van der Waals surface area contributed by atoms with Crippen LogP contribution in [0.25, 0.3) is 0 Å². The van der Waals surface area contributed by atoms with Crippen molar-refractivity contribution in [3.63, 3.8) is 0 Å².